The molecular weight excluding hydrogens is 196 g/mol. The molecule has 1 aromatic rings. The van der Waals surface area contributed by atoms with Gasteiger partial charge in [-0.25, -0.2) is 0 Å². The summed E-state index contributed by atoms with van der Waals surface area (Å²) >= 11 is 0. The summed E-state index contributed by atoms with van der Waals surface area (Å²) in [5.41, 5.74) is 3.25. The maximum Gasteiger partial charge on any atom is 0.0463 e. The van der Waals surface area contributed by atoms with Gasteiger partial charge in [-0.05, 0) is 32.4 Å². The van der Waals surface area contributed by atoms with E-state index in [1.165, 1.54) is 24.0 Å². The maximum atomic E-state index is 3.36. The second kappa shape index (κ2) is 3.57. The van der Waals surface area contributed by atoms with Gasteiger partial charge < -0.3 is 5.32 Å². The van der Waals surface area contributed by atoms with Crippen LogP contribution in [0, 0.1) is 6.92 Å². The van der Waals surface area contributed by atoms with Crippen LogP contribution in [-0.2, 0) is 5.54 Å². The molecule has 2 aliphatic rings. The van der Waals surface area contributed by atoms with Gasteiger partial charge in [0.2, 0.25) is 0 Å². The first-order valence-electron chi connectivity index (χ1n) is 6.23. The molecule has 1 aromatic carbocycles. The van der Waals surface area contributed by atoms with E-state index < -0.39 is 0 Å². The minimum absolute atomic E-state index is 0.360. The van der Waals surface area contributed by atoms with Gasteiger partial charge in [0.05, 0.1) is 0 Å². The van der Waals surface area contributed by atoms with E-state index in [1.807, 2.05) is 0 Å². The Labute approximate surface area is 97.6 Å². The Morgan fingerprint density at radius 2 is 2.06 bits per heavy atom. The Kier molecular flexibility index (Phi) is 2.30. The highest BCUT2D eigenvalue weighted by molar-refractivity contribution is 5.33. The van der Waals surface area contributed by atoms with Gasteiger partial charge in [0, 0.05) is 24.7 Å². The average molecular weight is 216 g/mol. The Morgan fingerprint density at radius 3 is 2.56 bits per heavy atom. The van der Waals surface area contributed by atoms with Crippen molar-refractivity contribution in [1.29, 1.82) is 0 Å². The Balaban J connectivity index is 1.87. The lowest BCUT2D eigenvalue weighted by atomic mass is 9.98. The third-order valence-electron chi connectivity index (χ3n) is 4.26. The van der Waals surface area contributed by atoms with Crippen molar-refractivity contribution in [1.82, 2.24) is 10.2 Å². The van der Waals surface area contributed by atoms with Crippen LogP contribution in [0.4, 0.5) is 0 Å². The molecule has 0 aromatic heterocycles. The van der Waals surface area contributed by atoms with Crippen LogP contribution in [-0.4, -0.2) is 31.1 Å². The number of likely N-dealkylation sites (N-methyl/N-ethyl adjacent to an activating group) is 1. The zero-order valence-electron chi connectivity index (χ0n) is 10.2. The molecule has 16 heavy (non-hydrogen) atoms. The van der Waals surface area contributed by atoms with Crippen LogP contribution in [0.2, 0.25) is 0 Å². The number of aryl methyl sites for hydroxylation is 1. The van der Waals surface area contributed by atoms with Crippen LogP contribution in [0.1, 0.15) is 24.0 Å². The number of rotatable bonds is 3. The first-order valence-corrected chi connectivity index (χ1v) is 6.23. The summed E-state index contributed by atoms with van der Waals surface area (Å²) in [6.45, 7) is 4.50. The van der Waals surface area contributed by atoms with Crippen molar-refractivity contribution < 1.29 is 0 Å². The van der Waals surface area contributed by atoms with Crippen LogP contribution in [0.15, 0.2) is 24.3 Å². The summed E-state index contributed by atoms with van der Waals surface area (Å²) in [5, 5.41) is 3.36. The van der Waals surface area contributed by atoms with E-state index in [1.54, 1.807) is 0 Å². The Morgan fingerprint density at radius 1 is 1.31 bits per heavy atom. The summed E-state index contributed by atoms with van der Waals surface area (Å²) in [6.07, 6.45) is 2.65. The highest BCUT2D eigenvalue weighted by Crippen LogP contribution is 2.51. The molecule has 2 nitrogen and oxygen atoms in total. The third-order valence-corrected chi connectivity index (χ3v) is 4.26. The first kappa shape index (κ1) is 10.3. The van der Waals surface area contributed by atoms with E-state index in [4.69, 9.17) is 0 Å². The molecule has 1 aliphatic carbocycles. The third kappa shape index (κ3) is 1.48. The molecule has 1 heterocycles. The second-order valence-electron chi connectivity index (χ2n) is 5.32. The minimum Gasteiger partial charge on any atom is -0.314 e. The number of nitrogens with one attached hydrogen (secondary N) is 1. The lowest BCUT2D eigenvalue weighted by Crippen LogP contribution is -2.58. The Hall–Kier alpha value is -0.860. The molecule has 86 valence electrons. The molecule has 0 spiro atoms. The molecule has 0 atom stereocenters. The van der Waals surface area contributed by atoms with Gasteiger partial charge in [0.1, 0.15) is 0 Å². The van der Waals surface area contributed by atoms with Crippen LogP contribution < -0.4 is 5.32 Å². The Bertz CT molecular complexity index is 391. The highest BCUT2D eigenvalue weighted by atomic mass is 15.3. The van der Waals surface area contributed by atoms with E-state index in [2.05, 4.69) is 48.5 Å². The second-order valence-corrected chi connectivity index (χ2v) is 5.32. The van der Waals surface area contributed by atoms with E-state index in [9.17, 15) is 0 Å². The van der Waals surface area contributed by atoms with Crippen molar-refractivity contribution in [2.45, 2.75) is 31.3 Å². The van der Waals surface area contributed by atoms with Crippen molar-refractivity contribution in [3.63, 3.8) is 0 Å². The summed E-state index contributed by atoms with van der Waals surface area (Å²) in [5.74, 6) is 0. The van der Waals surface area contributed by atoms with Crippen LogP contribution in [0.3, 0.4) is 0 Å². The summed E-state index contributed by atoms with van der Waals surface area (Å²) in [7, 11) is 2.29. The maximum absolute atomic E-state index is 3.36. The summed E-state index contributed by atoms with van der Waals surface area (Å²) in [6, 6.07) is 9.77. The van der Waals surface area contributed by atoms with Gasteiger partial charge >= 0.3 is 0 Å². The first-order chi connectivity index (χ1) is 7.72. The van der Waals surface area contributed by atoms with Gasteiger partial charge in [0.15, 0.2) is 0 Å². The molecule has 1 saturated carbocycles. The molecule has 0 bridgehead atoms. The molecule has 2 heteroatoms. The number of benzene rings is 1. The molecule has 0 amide bonds. The fourth-order valence-corrected chi connectivity index (χ4v) is 2.79. The minimum atomic E-state index is 0.360. The molecule has 2 fully saturated rings. The number of hydrogen-bond acceptors (Lipinski definition) is 2. The molecule has 0 radical (unpaired) electrons. The van der Waals surface area contributed by atoms with E-state index in [-0.39, 0.29) is 0 Å². The summed E-state index contributed by atoms with van der Waals surface area (Å²) in [4.78, 5) is 2.60. The quantitative estimate of drug-likeness (QED) is 0.830. The zero-order valence-corrected chi connectivity index (χ0v) is 10.2. The molecule has 0 unspecified atom stereocenters. The largest absolute Gasteiger partial charge is 0.314 e. The molecule has 1 saturated heterocycles. The predicted molar refractivity (Wildman–Crippen MR) is 66.5 cm³/mol. The van der Waals surface area contributed by atoms with Crippen molar-refractivity contribution in [2.24, 2.45) is 0 Å². The fraction of sp³-hybridized carbons (Fsp3) is 0.571. The molecular formula is C14H20N2. The van der Waals surface area contributed by atoms with Crippen molar-refractivity contribution >= 4 is 0 Å². The van der Waals surface area contributed by atoms with Gasteiger partial charge in [-0.1, -0.05) is 29.8 Å². The summed E-state index contributed by atoms with van der Waals surface area (Å²) < 4.78 is 0. The topological polar surface area (TPSA) is 15.3 Å². The van der Waals surface area contributed by atoms with E-state index >= 15 is 0 Å². The number of nitrogens with zero attached hydrogens (tertiary/aromatic N) is 1. The smallest absolute Gasteiger partial charge is 0.0463 e. The predicted octanol–water partition coefficient (Wildman–Crippen LogP) is 1.89. The average Bonchev–Trinajstić information content (AvgIpc) is 2.95. The normalized spacial score (nSPS) is 23.2. The van der Waals surface area contributed by atoms with Gasteiger partial charge in [-0.15, -0.1) is 0 Å². The van der Waals surface area contributed by atoms with E-state index in [0.29, 0.717) is 5.54 Å². The molecule has 1 aliphatic heterocycles. The standard InChI is InChI=1S/C14H20N2/c1-11-4-3-5-12(8-11)14(6-7-14)16(2)13-9-15-10-13/h3-5,8,13,15H,6-7,9-10H2,1-2H3. The fourth-order valence-electron chi connectivity index (χ4n) is 2.79. The van der Waals surface area contributed by atoms with Crippen molar-refractivity contribution in [3.05, 3.63) is 35.4 Å². The zero-order chi connectivity index (χ0) is 11.2. The van der Waals surface area contributed by atoms with Crippen LogP contribution in [0.25, 0.3) is 0 Å². The SMILES string of the molecule is Cc1cccc(C2(N(C)C3CNC3)CC2)c1. The van der Waals surface area contributed by atoms with Crippen molar-refractivity contribution in [3.8, 4) is 0 Å². The molecule has 3 rings (SSSR count). The highest BCUT2D eigenvalue weighted by Gasteiger charge is 2.50. The van der Waals surface area contributed by atoms with Gasteiger partial charge in [-0.2, -0.15) is 0 Å². The molecule has 1 N–H and O–H groups in total. The van der Waals surface area contributed by atoms with Crippen LogP contribution >= 0.6 is 0 Å². The lowest BCUT2D eigenvalue weighted by molar-refractivity contribution is 0.111. The van der Waals surface area contributed by atoms with Crippen molar-refractivity contribution in [2.75, 3.05) is 20.1 Å². The monoisotopic (exact) mass is 216 g/mol. The van der Waals surface area contributed by atoms with Crippen LogP contribution in [0.5, 0.6) is 0 Å². The van der Waals surface area contributed by atoms with E-state index in [0.717, 1.165) is 19.1 Å². The number of hydrogen-bond donors (Lipinski definition) is 1. The van der Waals surface area contributed by atoms with Gasteiger partial charge in [-0.3, -0.25) is 4.90 Å². The lowest BCUT2D eigenvalue weighted by Gasteiger charge is -2.41. The van der Waals surface area contributed by atoms with Gasteiger partial charge in [0.25, 0.3) is 0 Å².